The van der Waals surface area contributed by atoms with Crippen molar-refractivity contribution in [2.75, 3.05) is 32.6 Å². The van der Waals surface area contributed by atoms with Gasteiger partial charge in [-0.3, -0.25) is 4.79 Å². The van der Waals surface area contributed by atoms with Crippen LogP contribution in [0.15, 0.2) is 24.3 Å². The zero-order valence-corrected chi connectivity index (χ0v) is 13.2. The van der Waals surface area contributed by atoms with Crippen LogP contribution in [0.3, 0.4) is 0 Å². The van der Waals surface area contributed by atoms with Crippen LogP contribution in [0, 0.1) is 5.92 Å². The van der Waals surface area contributed by atoms with Gasteiger partial charge in [0, 0.05) is 31.9 Å². The quantitative estimate of drug-likeness (QED) is 0.873. The van der Waals surface area contributed by atoms with Crippen LogP contribution in [-0.2, 0) is 9.53 Å². The second kappa shape index (κ2) is 6.45. The van der Waals surface area contributed by atoms with Crippen molar-refractivity contribution in [1.29, 1.82) is 0 Å². The Hall–Kier alpha value is -2.28. The lowest BCUT2D eigenvalue weighted by molar-refractivity contribution is -0.127. The zero-order chi connectivity index (χ0) is 16.4. The fourth-order valence-electron chi connectivity index (χ4n) is 3.19. The van der Waals surface area contributed by atoms with Crippen LogP contribution >= 0.6 is 0 Å². The summed E-state index contributed by atoms with van der Waals surface area (Å²) in [6.07, 6.45) is 0.352. The first-order chi connectivity index (χ1) is 11.1. The largest absolute Gasteiger partial charge is 0.497 e. The third-order valence-electron chi connectivity index (χ3n) is 4.35. The van der Waals surface area contributed by atoms with E-state index in [9.17, 15) is 9.59 Å². The van der Waals surface area contributed by atoms with E-state index < -0.39 is 0 Å². The van der Waals surface area contributed by atoms with Crippen molar-refractivity contribution in [3.8, 4) is 5.75 Å². The number of carbonyl (C=O) groups excluding carboxylic acids is 2. The summed E-state index contributed by atoms with van der Waals surface area (Å²) in [5.74, 6) is 0.483. The Balaban J connectivity index is 1.64. The van der Waals surface area contributed by atoms with Gasteiger partial charge in [0.05, 0.1) is 25.2 Å². The summed E-state index contributed by atoms with van der Waals surface area (Å²) in [6.45, 7) is 0.921. The number of methoxy groups -OCH3 is 1. The second-order valence-corrected chi connectivity index (χ2v) is 5.82. The van der Waals surface area contributed by atoms with Gasteiger partial charge in [0.2, 0.25) is 5.91 Å². The lowest BCUT2D eigenvalue weighted by Gasteiger charge is -2.32. The molecule has 3 amide bonds. The number of likely N-dealkylation sites (tertiary alicyclic amines) is 1. The molecular weight excluding hydrogens is 298 g/mol. The number of nitrogens with one attached hydrogen (secondary N) is 2. The third kappa shape index (κ3) is 3.24. The normalized spacial score (nSPS) is 25.8. The van der Waals surface area contributed by atoms with Gasteiger partial charge in [-0.15, -0.1) is 0 Å². The molecule has 0 saturated carbocycles. The Morgan fingerprint density at radius 1 is 1.35 bits per heavy atom. The molecular formula is C16H21N3O4. The van der Waals surface area contributed by atoms with Crippen LogP contribution in [0.5, 0.6) is 5.75 Å². The molecule has 124 valence electrons. The van der Waals surface area contributed by atoms with Crippen molar-refractivity contribution in [2.45, 2.75) is 18.6 Å². The molecule has 7 heteroatoms. The monoisotopic (exact) mass is 319 g/mol. The maximum Gasteiger partial charge on any atom is 0.322 e. The number of benzene rings is 1. The lowest BCUT2D eigenvalue weighted by Crippen LogP contribution is -2.49. The number of fused-ring (bicyclic) bond motifs is 2. The Morgan fingerprint density at radius 2 is 2.17 bits per heavy atom. The highest BCUT2D eigenvalue weighted by Gasteiger charge is 2.45. The van der Waals surface area contributed by atoms with Crippen molar-refractivity contribution in [3.63, 3.8) is 0 Å². The van der Waals surface area contributed by atoms with E-state index in [1.165, 1.54) is 0 Å². The number of morpholine rings is 1. The number of rotatable bonds is 3. The van der Waals surface area contributed by atoms with Gasteiger partial charge in [-0.1, -0.05) is 6.07 Å². The molecule has 1 aromatic carbocycles. The summed E-state index contributed by atoms with van der Waals surface area (Å²) in [5, 5.41) is 5.53. The molecule has 3 rings (SSSR count). The van der Waals surface area contributed by atoms with E-state index in [1.807, 2.05) is 18.2 Å². The maximum atomic E-state index is 12.4. The van der Waals surface area contributed by atoms with E-state index in [4.69, 9.17) is 9.47 Å². The Bertz CT molecular complexity index is 607. The first kappa shape index (κ1) is 15.6. The molecule has 0 radical (unpaired) electrons. The number of ether oxygens (including phenoxy) is 2. The van der Waals surface area contributed by atoms with Gasteiger partial charge in [-0.05, 0) is 18.6 Å². The molecule has 0 unspecified atom stereocenters. The van der Waals surface area contributed by atoms with Crippen molar-refractivity contribution in [1.82, 2.24) is 10.2 Å². The molecule has 2 aliphatic heterocycles. The lowest BCUT2D eigenvalue weighted by atomic mass is 10.00. The predicted molar refractivity (Wildman–Crippen MR) is 84.4 cm³/mol. The van der Waals surface area contributed by atoms with Crippen molar-refractivity contribution in [3.05, 3.63) is 24.3 Å². The number of nitrogens with zero attached hydrogens (tertiary/aromatic N) is 1. The molecule has 7 nitrogen and oxygen atoms in total. The number of anilines is 1. The first-order valence-corrected chi connectivity index (χ1v) is 7.67. The standard InChI is InChI=1S/C16H21N3O4/c1-17-15(20)13-7-12-8-19(9-14(13)23-12)16(21)18-10-4-3-5-11(6-10)22-2/h3-6,12-14H,7-9H2,1-2H3,(H,17,20)(H,18,21)/t12-,13-,14+/m0/s1. The minimum absolute atomic E-state index is 0.0208. The molecule has 1 aromatic rings. The van der Waals surface area contributed by atoms with Crippen LogP contribution in [-0.4, -0.2) is 56.3 Å². The molecule has 2 N–H and O–H groups in total. The molecule has 2 aliphatic rings. The SMILES string of the molecule is CNC(=O)[C@H]1C[C@H]2CN(C(=O)Nc3cccc(OC)c3)C[C@H]1O2. The smallest absolute Gasteiger partial charge is 0.322 e. The molecule has 2 saturated heterocycles. The van der Waals surface area contributed by atoms with Crippen LogP contribution in [0.2, 0.25) is 0 Å². The van der Waals surface area contributed by atoms with Gasteiger partial charge in [0.25, 0.3) is 0 Å². The molecule has 2 bridgehead atoms. The summed E-state index contributed by atoms with van der Waals surface area (Å²) in [4.78, 5) is 26.0. The summed E-state index contributed by atoms with van der Waals surface area (Å²) in [5.41, 5.74) is 0.677. The average molecular weight is 319 g/mol. The van der Waals surface area contributed by atoms with Crippen LogP contribution in [0.25, 0.3) is 0 Å². The summed E-state index contributed by atoms with van der Waals surface area (Å²) >= 11 is 0. The topological polar surface area (TPSA) is 79.9 Å². The summed E-state index contributed by atoms with van der Waals surface area (Å²) in [7, 11) is 3.21. The number of hydrogen-bond acceptors (Lipinski definition) is 4. The van der Waals surface area contributed by atoms with Gasteiger partial charge in [-0.25, -0.2) is 4.79 Å². The number of amides is 3. The average Bonchev–Trinajstić information content (AvgIpc) is 2.88. The molecule has 3 atom stereocenters. The Labute approximate surface area is 134 Å². The third-order valence-corrected chi connectivity index (χ3v) is 4.35. The highest BCUT2D eigenvalue weighted by Crippen LogP contribution is 2.32. The highest BCUT2D eigenvalue weighted by atomic mass is 16.5. The van der Waals surface area contributed by atoms with Gasteiger partial charge >= 0.3 is 6.03 Å². The van der Waals surface area contributed by atoms with E-state index in [1.54, 1.807) is 25.1 Å². The predicted octanol–water partition coefficient (Wildman–Crippen LogP) is 1.06. The molecule has 23 heavy (non-hydrogen) atoms. The van der Waals surface area contributed by atoms with Gasteiger partial charge in [0.15, 0.2) is 0 Å². The van der Waals surface area contributed by atoms with Crippen molar-refractivity contribution >= 4 is 17.6 Å². The van der Waals surface area contributed by atoms with Crippen LogP contribution in [0.1, 0.15) is 6.42 Å². The fraction of sp³-hybridized carbons (Fsp3) is 0.500. The molecule has 0 spiro atoms. The Kier molecular flexibility index (Phi) is 4.38. The zero-order valence-electron chi connectivity index (χ0n) is 13.2. The van der Waals surface area contributed by atoms with E-state index in [2.05, 4.69) is 10.6 Å². The molecule has 2 heterocycles. The highest BCUT2D eigenvalue weighted by molar-refractivity contribution is 5.90. The molecule has 2 fully saturated rings. The van der Waals surface area contributed by atoms with E-state index >= 15 is 0 Å². The van der Waals surface area contributed by atoms with Crippen molar-refractivity contribution in [2.24, 2.45) is 5.92 Å². The van der Waals surface area contributed by atoms with Gasteiger partial charge in [-0.2, -0.15) is 0 Å². The number of urea groups is 1. The molecule has 0 aliphatic carbocycles. The van der Waals surface area contributed by atoms with Crippen LogP contribution in [0.4, 0.5) is 10.5 Å². The Morgan fingerprint density at radius 3 is 2.91 bits per heavy atom. The van der Waals surface area contributed by atoms with Crippen LogP contribution < -0.4 is 15.4 Å². The fourth-order valence-corrected chi connectivity index (χ4v) is 3.19. The van der Waals surface area contributed by atoms with E-state index in [0.29, 0.717) is 30.9 Å². The minimum Gasteiger partial charge on any atom is -0.497 e. The summed E-state index contributed by atoms with van der Waals surface area (Å²) in [6, 6.07) is 7.02. The van der Waals surface area contributed by atoms with Crippen molar-refractivity contribution < 1.29 is 19.1 Å². The first-order valence-electron chi connectivity index (χ1n) is 7.67. The molecule has 0 aromatic heterocycles. The summed E-state index contributed by atoms with van der Waals surface area (Å²) < 4.78 is 10.9. The second-order valence-electron chi connectivity index (χ2n) is 5.82. The minimum atomic E-state index is -0.232. The van der Waals surface area contributed by atoms with Gasteiger partial charge < -0.3 is 25.0 Å². The maximum absolute atomic E-state index is 12.4. The number of carbonyl (C=O) groups is 2. The number of hydrogen-bond donors (Lipinski definition) is 2. The van der Waals surface area contributed by atoms with Gasteiger partial charge in [0.1, 0.15) is 5.75 Å². The van der Waals surface area contributed by atoms with E-state index in [0.717, 1.165) is 0 Å². The van der Waals surface area contributed by atoms with E-state index in [-0.39, 0.29) is 30.1 Å².